The zero-order valence-electron chi connectivity index (χ0n) is 6.99. The van der Waals surface area contributed by atoms with Gasteiger partial charge in [-0.2, -0.15) is 4.37 Å². The third-order valence-corrected chi connectivity index (χ3v) is 3.68. The van der Waals surface area contributed by atoms with E-state index in [4.69, 9.17) is 5.73 Å². The number of hydrogen-bond acceptors (Lipinski definition) is 4. The van der Waals surface area contributed by atoms with E-state index in [9.17, 15) is 0 Å². The van der Waals surface area contributed by atoms with E-state index in [0.717, 1.165) is 11.6 Å². The molecule has 1 heterocycles. The molecule has 2 rings (SSSR count). The van der Waals surface area contributed by atoms with Crippen LogP contribution in [0.4, 0.5) is 0 Å². The van der Waals surface area contributed by atoms with Crippen LogP contribution in [0.15, 0.2) is 6.33 Å². The highest BCUT2D eigenvalue weighted by Gasteiger charge is 2.36. The highest BCUT2D eigenvalue weighted by Crippen LogP contribution is 2.40. The fourth-order valence-electron chi connectivity index (χ4n) is 1.96. The monoisotopic (exact) mass is 183 g/mol. The second-order valence-electron chi connectivity index (χ2n) is 3.44. The molecule has 2 N–H and O–H groups in total. The van der Waals surface area contributed by atoms with Crippen molar-refractivity contribution in [3.05, 3.63) is 11.3 Å². The van der Waals surface area contributed by atoms with Crippen molar-refractivity contribution in [2.24, 2.45) is 5.73 Å². The quantitative estimate of drug-likeness (QED) is 0.752. The Labute approximate surface area is 76.2 Å². The van der Waals surface area contributed by atoms with E-state index in [0.29, 0.717) is 0 Å². The van der Waals surface area contributed by atoms with Crippen molar-refractivity contribution < 1.29 is 0 Å². The molecule has 0 bridgehead atoms. The van der Waals surface area contributed by atoms with Crippen LogP contribution in [0.25, 0.3) is 0 Å². The predicted molar refractivity (Wildman–Crippen MR) is 49.1 cm³/mol. The summed E-state index contributed by atoms with van der Waals surface area (Å²) in [5.74, 6) is 0. The highest BCUT2D eigenvalue weighted by atomic mass is 32.1. The van der Waals surface area contributed by atoms with E-state index in [1.54, 1.807) is 6.33 Å². The van der Waals surface area contributed by atoms with Crippen LogP contribution in [0.2, 0.25) is 0 Å². The molecule has 1 aromatic heterocycles. The van der Waals surface area contributed by atoms with Crippen LogP contribution in [-0.2, 0) is 5.41 Å². The van der Waals surface area contributed by atoms with Crippen molar-refractivity contribution >= 4 is 11.5 Å². The molecule has 4 heteroatoms. The van der Waals surface area contributed by atoms with Gasteiger partial charge in [0.15, 0.2) is 0 Å². The van der Waals surface area contributed by atoms with Crippen LogP contribution in [-0.4, -0.2) is 15.9 Å². The van der Waals surface area contributed by atoms with E-state index >= 15 is 0 Å². The first-order valence-electron chi connectivity index (χ1n) is 4.35. The summed E-state index contributed by atoms with van der Waals surface area (Å²) in [5, 5.41) is 1.14. The summed E-state index contributed by atoms with van der Waals surface area (Å²) in [4.78, 5) is 4.27. The van der Waals surface area contributed by atoms with E-state index < -0.39 is 0 Å². The smallest absolute Gasteiger partial charge is 0.129 e. The average Bonchev–Trinajstić information content (AvgIpc) is 2.76. The third-order valence-electron chi connectivity index (χ3n) is 2.77. The summed E-state index contributed by atoms with van der Waals surface area (Å²) >= 11 is 1.50. The Morgan fingerprint density at radius 2 is 2.25 bits per heavy atom. The van der Waals surface area contributed by atoms with Gasteiger partial charge in [-0.1, -0.05) is 12.8 Å². The number of nitrogens with zero attached hydrogens (tertiary/aromatic N) is 2. The Kier molecular flexibility index (Phi) is 2.11. The van der Waals surface area contributed by atoms with Crippen LogP contribution in [0.1, 0.15) is 30.7 Å². The van der Waals surface area contributed by atoms with Gasteiger partial charge in [0.05, 0.1) is 0 Å². The molecule has 1 fully saturated rings. The van der Waals surface area contributed by atoms with Crippen molar-refractivity contribution in [2.75, 3.05) is 6.54 Å². The van der Waals surface area contributed by atoms with Crippen LogP contribution in [0, 0.1) is 0 Å². The van der Waals surface area contributed by atoms with Crippen LogP contribution in [0.3, 0.4) is 0 Å². The van der Waals surface area contributed by atoms with Crippen molar-refractivity contribution in [3.63, 3.8) is 0 Å². The van der Waals surface area contributed by atoms with Gasteiger partial charge in [0.2, 0.25) is 0 Å². The van der Waals surface area contributed by atoms with Gasteiger partial charge < -0.3 is 5.73 Å². The first-order valence-corrected chi connectivity index (χ1v) is 5.12. The lowest BCUT2D eigenvalue weighted by Gasteiger charge is -2.23. The van der Waals surface area contributed by atoms with Crippen molar-refractivity contribution in [3.8, 4) is 0 Å². The van der Waals surface area contributed by atoms with Gasteiger partial charge >= 0.3 is 0 Å². The Balaban J connectivity index is 2.28. The minimum Gasteiger partial charge on any atom is -0.329 e. The lowest BCUT2D eigenvalue weighted by Crippen LogP contribution is -2.31. The minimum absolute atomic E-state index is 0.182. The molecule has 12 heavy (non-hydrogen) atoms. The first kappa shape index (κ1) is 8.13. The molecule has 1 aromatic rings. The lowest BCUT2D eigenvalue weighted by molar-refractivity contribution is 0.450. The fourth-order valence-corrected chi connectivity index (χ4v) is 2.73. The second-order valence-corrected chi connectivity index (χ2v) is 4.22. The van der Waals surface area contributed by atoms with Gasteiger partial charge in [0.1, 0.15) is 11.3 Å². The maximum atomic E-state index is 5.80. The molecule has 3 nitrogen and oxygen atoms in total. The van der Waals surface area contributed by atoms with Gasteiger partial charge in [-0.3, -0.25) is 0 Å². The Hall–Kier alpha value is -0.480. The molecular formula is C8H13N3S. The summed E-state index contributed by atoms with van der Waals surface area (Å²) < 4.78 is 4.03. The summed E-state index contributed by atoms with van der Waals surface area (Å²) in [5.41, 5.74) is 5.98. The minimum atomic E-state index is 0.182. The van der Waals surface area contributed by atoms with E-state index in [2.05, 4.69) is 9.36 Å². The third kappa shape index (κ3) is 1.15. The summed E-state index contributed by atoms with van der Waals surface area (Å²) in [6, 6.07) is 0. The first-order chi connectivity index (χ1) is 5.87. The second kappa shape index (κ2) is 3.11. The number of aromatic nitrogens is 2. The maximum absolute atomic E-state index is 5.80. The molecule has 0 spiro atoms. The van der Waals surface area contributed by atoms with Crippen LogP contribution >= 0.6 is 11.5 Å². The van der Waals surface area contributed by atoms with Crippen molar-refractivity contribution in [1.82, 2.24) is 9.36 Å². The van der Waals surface area contributed by atoms with Crippen molar-refractivity contribution in [1.29, 1.82) is 0 Å². The average molecular weight is 183 g/mol. The SMILES string of the molecule is NCC1(c2ncns2)CCCC1. The Morgan fingerprint density at radius 3 is 2.75 bits per heavy atom. The van der Waals surface area contributed by atoms with E-state index in [1.165, 1.54) is 37.2 Å². The predicted octanol–water partition coefficient (Wildman–Crippen LogP) is 1.31. The van der Waals surface area contributed by atoms with Crippen molar-refractivity contribution in [2.45, 2.75) is 31.1 Å². The van der Waals surface area contributed by atoms with Gasteiger partial charge in [0, 0.05) is 12.0 Å². The molecule has 0 atom stereocenters. The van der Waals surface area contributed by atoms with E-state index in [1.807, 2.05) is 0 Å². The number of nitrogens with two attached hydrogens (primary N) is 1. The highest BCUT2D eigenvalue weighted by molar-refractivity contribution is 7.05. The maximum Gasteiger partial charge on any atom is 0.129 e. The van der Waals surface area contributed by atoms with Crippen LogP contribution in [0.5, 0.6) is 0 Å². The van der Waals surface area contributed by atoms with Gasteiger partial charge in [0.25, 0.3) is 0 Å². The molecule has 0 aliphatic heterocycles. The normalized spacial score (nSPS) is 21.4. The topological polar surface area (TPSA) is 51.8 Å². The van der Waals surface area contributed by atoms with Gasteiger partial charge in [-0.05, 0) is 24.4 Å². The molecule has 0 aromatic carbocycles. The zero-order valence-corrected chi connectivity index (χ0v) is 7.81. The fraction of sp³-hybridized carbons (Fsp3) is 0.750. The molecule has 1 aliphatic carbocycles. The Bertz CT molecular complexity index is 239. The molecule has 1 saturated carbocycles. The molecule has 1 aliphatic rings. The molecular weight excluding hydrogens is 170 g/mol. The standard InChI is InChI=1S/C8H13N3S/c9-5-8(3-1-2-4-8)7-10-6-11-12-7/h6H,1-5,9H2. The number of rotatable bonds is 2. The largest absolute Gasteiger partial charge is 0.329 e. The molecule has 0 amide bonds. The van der Waals surface area contributed by atoms with E-state index in [-0.39, 0.29) is 5.41 Å². The summed E-state index contributed by atoms with van der Waals surface area (Å²) in [7, 11) is 0. The molecule has 66 valence electrons. The Morgan fingerprint density at radius 1 is 1.50 bits per heavy atom. The lowest BCUT2D eigenvalue weighted by atomic mass is 9.87. The van der Waals surface area contributed by atoms with Crippen LogP contribution < -0.4 is 5.73 Å². The van der Waals surface area contributed by atoms with Gasteiger partial charge in [-0.15, -0.1) is 0 Å². The summed E-state index contributed by atoms with van der Waals surface area (Å²) in [6.07, 6.45) is 6.60. The van der Waals surface area contributed by atoms with Gasteiger partial charge in [-0.25, -0.2) is 4.98 Å². The molecule has 0 unspecified atom stereocenters. The molecule has 0 saturated heterocycles. The summed E-state index contributed by atoms with van der Waals surface area (Å²) in [6.45, 7) is 0.724. The zero-order chi connectivity index (χ0) is 8.44. The number of hydrogen-bond donors (Lipinski definition) is 1. The molecule has 0 radical (unpaired) electrons.